The van der Waals surface area contributed by atoms with Crippen LogP contribution in [0.25, 0.3) is 10.2 Å². The highest BCUT2D eigenvalue weighted by Gasteiger charge is 2.27. The predicted molar refractivity (Wildman–Crippen MR) is 124 cm³/mol. The SMILES string of the molecule is Cc1ccc(S(=O)(=O)CC(=O)N(CCN(C)C)c2nc3c(C)c(Cl)ccc3s2)cc1. The number of hydrogen-bond donors (Lipinski definition) is 0. The summed E-state index contributed by atoms with van der Waals surface area (Å²) < 4.78 is 26.5. The molecule has 0 fully saturated rings. The van der Waals surface area contributed by atoms with E-state index in [0.29, 0.717) is 23.2 Å². The Labute approximate surface area is 186 Å². The standard InChI is InChI=1S/C21H24ClN3O3S2/c1-14-5-7-16(8-6-14)30(27,28)13-19(26)25(12-11-24(3)4)21-23-20-15(2)17(22)9-10-18(20)29-21/h5-10H,11-13H2,1-4H3. The van der Waals surface area contributed by atoms with E-state index in [1.807, 2.05) is 38.9 Å². The van der Waals surface area contributed by atoms with E-state index in [2.05, 4.69) is 4.98 Å². The van der Waals surface area contributed by atoms with Gasteiger partial charge in [0.2, 0.25) is 5.91 Å². The van der Waals surface area contributed by atoms with Gasteiger partial charge >= 0.3 is 0 Å². The first-order chi connectivity index (χ1) is 14.1. The van der Waals surface area contributed by atoms with Crippen LogP contribution in [0.3, 0.4) is 0 Å². The quantitative estimate of drug-likeness (QED) is 0.528. The molecule has 0 aliphatic heterocycles. The van der Waals surface area contributed by atoms with Crippen molar-refractivity contribution < 1.29 is 13.2 Å². The van der Waals surface area contributed by atoms with Gasteiger partial charge in [0.25, 0.3) is 0 Å². The number of carbonyl (C=O) groups is 1. The highest BCUT2D eigenvalue weighted by atomic mass is 35.5. The van der Waals surface area contributed by atoms with E-state index in [4.69, 9.17) is 11.6 Å². The lowest BCUT2D eigenvalue weighted by atomic mass is 10.2. The minimum Gasteiger partial charge on any atom is -0.308 e. The van der Waals surface area contributed by atoms with Crippen LogP contribution in [0.1, 0.15) is 11.1 Å². The van der Waals surface area contributed by atoms with E-state index in [1.165, 1.54) is 28.4 Å². The van der Waals surface area contributed by atoms with E-state index >= 15 is 0 Å². The number of benzene rings is 2. The molecule has 0 unspecified atom stereocenters. The predicted octanol–water partition coefficient (Wildman–Crippen LogP) is 3.94. The number of aryl methyl sites for hydroxylation is 2. The Kier molecular flexibility index (Phi) is 6.81. The largest absolute Gasteiger partial charge is 0.308 e. The van der Waals surface area contributed by atoms with E-state index < -0.39 is 21.5 Å². The summed E-state index contributed by atoms with van der Waals surface area (Å²) >= 11 is 7.56. The Balaban J connectivity index is 1.94. The van der Waals surface area contributed by atoms with Gasteiger partial charge in [0, 0.05) is 18.1 Å². The number of carbonyl (C=O) groups excluding carboxylic acids is 1. The lowest BCUT2D eigenvalue weighted by Crippen LogP contribution is -2.40. The van der Waals surface area contributed by atoms with Crippen LogP contribution in [-0.2, 0) is 14.6 Å². The maximum absolute atomic E-state index is 13.1. The summed E-state index contributed by atoms with van der Waals surface area (Å²) in [6, 6.07) is 10.2. The zero-order valence-corrected chi connectivity index (χ0v) is 19.7. The van der Waals surface area contributed by atoms with Crippen LogP contribution < -0.4 is 4.90 Å². The lowest BCUT2D eigenvalue weighted by molar-refractivity contribution is -0.116. The molecule has 1 heterocycles. The minimum absolute atomic E-state index is 0.140. The highest BCUT2D eigenvalue weighted by molar-refractivity contribution is 7.92. The molecule has 0 aliphatic rings. The molecule has 0 saturated carbocycles. The average Bonchev–Trinajstić information content (AvgIpc) is 3.09. The maximum Gasteiger partial charge on any atom is 0.244 e. The third-order valence-corrected chi connectivity index (χ3v) is 7.80. The molecule has 0 saturated heterocycles. The summed E-state index contributed by atoms with van der Waals surface area (Å²) in [6.45, 7) is 4.67. The molecule has 0 bridgehead atoms. The Morgan fingerprint density at radius 2 is 1.73 bits per heavy atom. The third kappa shape index (κ3) is 5.00. The monoisotopic (exact) mass is 465 g/mol. The van der Waals surface area contributed by atoms with Gasteiger partial charge < -0.3 is 4.90 Å². The van der Waals surface area contributed by atoms with E-state index in [0.717, 1.165) is 21.3 Å². The van der Waals surface area contributed by atoms with Crippen molar-refractivity contribution in [3.05, 3.63) is 52.5 Å². The molecule has 1 aromatic heterocycles. The van der Waals surface area contributed by atoms with Crippen molar-refractivity contribution in [2.75, 3.05) is 37.8 Å². The van der Waals surface area contributed by atoms with Crippen LogP contribution in [0, 0.1) is 13.8 Å². The molecule has 1 amide bonds. The van der Waals surface area contributed by atoms with E-state index in [9.17, 15) is 13.2 Å². The number of anilines is 1. The van der Waals surface area contributed by atoms with Gasteiger partial charge in [-0.15, -0.1) is 0 Å². The number of nitrogens with zero attached hydrogens (tertiary/aromatic N) is 3. The molecule has 0 radical (unpaired) electrons. The first kappa shape index (κ1) is 22.7. The van der Waals surface area contributed by atoms with Crippen molar-refractivity contribution in [2.24, 2.45) is 0 Å². The fourth-order valence-electron chi connectivity index (χ4n) is 2.90. The number of fused-ring (bicyclic) bond motifs is 1. The second kappa shape index (κ2) is 9.01. The first-order valence-electron chi connectivity index (χ1n) is 9.38. The summed E-state index contributed by atoms with van der Waals surface area (Å²) in [4.78, 5) is 21.3. The number of rotatable bonds is 7. The fourth-order valence-corrected chi connectivity index (χ4v) is 5.32. The van der Waals surface area contributed by atoms with Crippen molar-refractivity contribution >= 4 is 54.0 Å². The molecular weight excluding hydrogens is 442 g/mol. The summed E-state index contributed by atoms with van der Waals surface area (Å²) in [7, 11) is 0.0317. The molecule has 6 nitrogen and oxygen atoms in total. The van der Waals surface area contributed by atoms with Gasteiger partial charge in [0.15, 0.2) is 15.0 Å². The Morgan fingerprint density at radius 1 is 1.07 bits per heavy atom. The summed E-state index contributed by atoms with van der Waals surface area (Å²) in [5.74, 6) is -1.11. The fraction of sp³-hybridized carbons (Fsp3) is 0.333. The van der Waals surface area contributed by atoms with Crippen molar-refractivity contribution in [3.8, 4) is 0 Å². The van der Waals surface area contributed by atoms with Crippen molar-refractivity contribution in [2.45, 2.75) is 18.7 Å². The number of halogens is 1. The van der Waals surface area contributed by atoms with E-state index in [1.54, 1.807) is 18.2 Å². The van der Waals surface area contributed by atoms with E-state index in [-0.39, 0.29) is 4.90 Å². The number of likely N-dealkylation sites (N-methyl/N-ethyl adjacent to an activating group) is 1. The molecule has 3 aromatic rings. The molecule has 0 spiro atoms. The van der Waals surface area contributed by atoms with Crippen LogP contribution in [0.15, 0.2) is 41.3 Å². The zero-order valence-electron chi connectivity index (χ0n) is 17.3. The van der Waals surface area contributed by atoms with Crippen LogP contribution in [-0.4, -0.2) is 57.1 Å². The van der Waals surface area contributed by atoms with Gasteiger partial charge in [0.1, 0.15) is 5.75 Å². The average molecular weight is 466 g/mol. The van der Waals surface area contributed by atoms with Gasteiger partial charge in [-0.1, -0.05) is 40.6 Å². The Bertz CT molecular complexity index is 1170. The summed E-state index contributed by atoms with van der Waals surface area (Å²) in [5, 5.41) is 1.08. The maximum atomic E-state index is 13.1. The van der Waals surface area contributed by atoms with Gasteiger partial charge in [0.05, 0.1) is 15.1 Å². The molecule has 30 heavy (non-hydrogen) atoms. The summed E-state index contributed by atoms with van der Waals surface area (Å²) in [5.41, 5.74) is 2.52. The van der Waals surface area contributed by atoms with Gasteiger partial charge in [-0.05, 0) is 57.8 Å². The molecule has 0 aliphatic carbocycles. The first-order valence-corrected chi connectivity index (χ1v) is 12.2. The lowest BCUT2D eigenvalue weighted by Gasteiger charge is -2.22. The molecule has 2 aromatic carbocycles. The smallest absolute Gasteiger partial charge is 0.244 e. The second-order valence-corrected chi connectivity index (χ2v) is 10.8. The van der Waals surface area contributed by atoms with Crippen molar-refractivity contribution in [3.63, 3.8) is 0 Å². The third-order valence-electron chi connectivity index (χ3n) is 4.73. The summed E-state index contributed by atoms with van der Waals surface area (Å²) in [6.07, 6.45) is 0. The highest BCUT2D eigenvalue weighted by Crippen LogP contribution is 2.33. The molecule has 160 valence electrons. The normalized spacial score (nSPS) is 11.9. The van der Waals surface area contributed by atoms with Crippen molar-refractivity contribution in [1.29, 1.82) is 0 Å². The van der Waals surface area contributed by atoms with Crippen LogP contribution in [0.5, 0.6) is 0 Å². The number of sulfone groups is 1. The number of aromatic nitrogens is 1. The van der Waals surface area contributed by atoms with Crippen LogP contribution in [0.4, 0.5) is 5.13 Å². The molecule has 3 rings (SSSR count). The van der Waals surface area contributed by atoms with Gasteiger partial charge in [-0.25, -0.2) is 13.4 Å². The van der Waals surface area contributed by atoms with Crippen LogP contribution in [0.2, 0.25) is 5.02 Å². The molecule has 0 atom stereocenters. The number of hydrogen-bond acceptors (Lipinski definition) is 6. The molecule has 9 heteroatoms. The second-order valence-electron chi connectivity index (χ2n) is 7.44. The Morgan fingerprint density at radius 3 is 2.37 bits per heavy atom. The van der Waals surface area contributed by atoms with Crippen LogP contribution >= 0.6 is 22.9 Å². The van der Waals surface area contributed by atoms with Crippen molar-refractivity contribution in [1.82, 2.24) is 9.88 Å². The topological polar surface area (TPSA) is 70.6 Å². The minimum atomic E-state index is -3.76. The number of thiazole rings is 1. The number of amides is 1. The van der Waals surface area contributed by atoms with Gasteiger partial charge in [-0.2, -0.15) is 0 Å². The molecular formula is C21H24ClN3O3S2. The van der Waals surface area contributed by atoms with Gasteiger partial charge in [-0.3, -0.25) is 9.69 Å². The molecule has 0 N–H and O–H groups in total. The zero-order chi connectivity index (χ0) is 22.1. The Hall–Kier alpha value is -2.00.